The molecule has 0 bridgehead atoms. The van der Waals surface area contributed by atoms with Crippen LogP contribution in [-0.4, -0.2) is 18.3 Å². The van der Waals surface area contributed by atoms with E-state index in [-0.39, 0.29) is 24.3 Å². The highest BCUT2D eigenvalue weighted by Crippen LogP contribution is 2.29. The van der Waals surface area contributed by atoms with E-state index in [1.165, 1.54) is 24.3 Å². The van der Waals surface area contributed by atoms with Gasteiger partial charge in [0.15, 0.2) is 0 Å². The summed E-state index contributed by atoms with van der Waals surface area (Å²) in [5.74, 6) is -1.10. The number of rotatable bonds is 10. The molecule has 0 aliphatic carbocycles. The zero-order chi connectivity index (χ0) is 23.0. The van der Waals surface area contributed by atoms with Gasteiger partial charge in [-0.25, -0.2) is 8.78 Å². The van der Waals surface area contributed by atoms with Crippen LogP contribution in [0.4, 0.5) is 39.0 Å². The Hall–Kier alpha value is -2.84. The van der Waals surface area contributed by atoms with Gasteiger partial charge in [-0.15, -0.1) is 0 Å². The minimum Gasteiger partial charge on any atom is -0.397 e. The number of carbonyl (C=O) groups is 1. The molecule has 2 rings (SSSR count). The molecule has 0 aliphatic rings. The summed E-state index contributed by atoms with van der Waals surface area (Å²) in [6.45, 7) is 2.19. The molecule has 0 fully saturated rings. The third-order valence-electron chi connectivity index (χ3n) is 4.74. The van der Waals surface area contributed by atoms with Crippen molar-refractivity contribution in [3.8, 4) is 0 Å². The van der Waals surface area contributed by atoms with Crippen LogP contribution < -0.4 is 16.4 Å². The summed E-state index contributed by atoms with van der Waals surface area (Å²) in [6, 6.07) is 9.22. The Balaban J connectivity index is 1.91. The van der Waals surface area contributed by atoms with Crippen molar-refractivity contribution in [2.24, 2.45) is 0 Å². The largest absolute Gasteiger partial charge is 0.416 e. The lowest BCUT2D eigenvalue weighted by Crippen LogP contribution is -2.32. The zero-order valence-electron chi connectivity index (χ0n) is 17.1. The molecule has 0 unspecified atom stereocenters. The van der Waals surface area contributed by atoms with E-state index >= 15 is 0 Å². The fraction of sp³-hybridized carbons (Fsp3) is 0.409. The topological polar surface area (TPSA) is 67.2 Å². The van der Waals surface area contributed by atoms with Crippen LogP contribution in [0.1, 0.15) is 43.7 Å². The molecule has 2 atom stereocenters. The van der Waals surface area contributed by atoms with E-state index < -0.39 is 30.0 Å². The molecule has 2 aromatic carbocycles. The number of hydrogen-bond donors (Lipinski definition) is 3. The summed E-state index contributed by atoms with van der Waals surface area (Å²) >= 11 is 0. The van der Waals surface area contributed by atoms with E-state index in [9.17, 15) is 26.7 Å². The van der Waals surface area contributed by atoms with Crippen LogP contribution in [-0.2, 0) is 17.5 Å². The summed E-state index contributed by atoms with van der Waals surface area (Å²) in [7, 11) is 0. The van der Waals surface area contributed by atoms with Crippen LogP contribution in [0.2, 0.25) is 0 Å². The maximum Gasteiger partial charge on any atom is 0.416 e. The molecule has 0 saturated carbocycles. The quantitative estimate of drug-likeness (QED) is 0.236. The average Bonchev–Trinajstić information content (AvgIpc) is 2.73. The minimum atomic E-state index is -4.39. The Kier molecular flexibility index (Phi) is 8.65. The molecule has 0 spiro atoms. The van der Waals surface area contributed by atoms with Crippen LogP contribution in [0, 0.1) is 0 Å². The van der Waals surface area contributed by atoms with Crippen molar-refractivity contribution >= 4 is 23.0 Å². The van der Waals surface area contributed by atoms with Crippen molar-refractivity contribution in [1.82, 2.24) is 0 Å². The van der Waals surface area contributed by atoms with Crippen LogP contribution in [0.15, 0.2) is 42.5 Å². The highest BCUT2D eigenvalue weighted by Gasteiger charge is 2.30. The number of amides is 1. The van der Waals surface area contributed by atoms with Crippen molar-refractivity contribution in [3.05, 3.63) is 53.6 Å². The predicted octanol–water partition coefficient (Wildman–Crippen LogP) is 6.09. The van der Waals surface area contributed by atoms with E-state index in [0.717, 1.165) is 25.0 Å². The number of benzene rings is 2. The van der Waals surface area contributed by atoms with E-state index in [1.54, 1.807) is 6.07 Å². The molecular formula is C22H26F5N3O. The van der Waals surface area contributed by atoms with Crippen molar-refractivity contribution in [3.63, 3.8) is 0 Å². The molecule has 0 saturated heterocycles. The van der Waals surface area contributed by atoms with Gasteiger partial charge in [0.25, 0.3) is 5.91 Å². The SMILES string of the molecule is CCCCC[C@H](F)[C@@H](F)C(=O)Nc1ccc(NCc2ccc(C(F)(F)F)cc2)cc1N. The Morgan fingerprint density at radius 2 is 1.74 bits per heavy atom. The van der Waals surface area contributed by atoms with Crippen molar-refractivity contribution in [2.45, 2.75) is 57.7 Å². The Morgan fingerprint density at radius 3 is 2.32 bits per heavy atom. The number of anilines is 3. The first-order chi connectivity index (χ1) is 14.6. The first-order valence-electron chi connectivity index (χ1n) is 10.0. The van der Waals surface area contributed by atoms with Crippen molar-refractivity contribution in [1.29, 1.82) is 0 Å². The number of nitrogen functional groups attached to an aromatic ring is 1. The third-order valence-corrected chi connectivity index (χ3v) is 4.74. The van der Waals surface area contributed by atoms with Crippen LogP contribution >= 0.6 is 0 Å². The average molecular weight is 443 g/mol. The highest BCUT2D eigenvalue weighted by molar-refractivity contribution is 5.97. The van der Waals surface area contributed by atoms with E-state index in [4.69, 9.17) is 5.73 Å². The minimum absolute atomic E-state index is 0.0231. The molecule has 4 N–H and O–H groups in total. The molecule has 0 aliphatic heterocycles. The second kappa shape index (κ2) is 11.0. The number of carbonyl (C=O) groups excluding carboxylic acids is 1. The van der Waals surface area contributed by atoms with Crippen molar-refractivity contribution < 1.29 is 26.7 Å². The Labute approximate surface area is 178 Å². The summed E-state index contributed by atoms with van der Waals surface area (Å²) < 4.78 is 65.7. The number of alkyl halides is 5. The van der Waals surface area contributed by atoms with Gasteiger partial charge < -0.3 is 16.4 Å². The molecular weight excluding hydrogens is 417 g/mol. The van der Waals surface area contributed by atoms with E-state index in [1.807, 2.05) is 6.92 Å². The van der Waals surface area contributed by atoms with Gasteiger partial charge in [0, 0.05) is 12.2 Å². The van der Waals surface area contributed by atoms with Gasteiger partial charge in [-0.1, -0.05) is 38.3 Å². The van der Waals surface area contributed by atoms with Gasteiger partial charge in [0.2, 0.25) is 6.17 Å². The van der Waals surface area contributed by atoms with E-state index in [2.05, 4.69) is 10.6 Å². The lowest BCUT2D eigenvalue weighted by molar-refractivity contribution is -0.137. The van der Waals surface area contributed by atoms with Gasteiger partial charge >= 0.3 is 6.18 Å². The van der Waals surface area contributed by atoms with Gasteiger partial charge in [-0.3, -0.25) is 4.79 Å². The number of nitrogens with two attached hydrogens (primary N) is 1. The lowest BCUT2D eigenvalue weighted by Gasteiger charge is -2.15. The first-order valence-corrected chi connectivity index (χ1v) is 10.0. The molecule has 0 radical (unpaired) electrons. The standard InChI is InChI=1S/C22H26F5N3O/c1-2-3-4-5-17(23)20(24)21(31)30-19-11-10-16(12-18(19)28)29-13-14-6-8-15(9-7-14)22(25,26)27/h6-12,17,20,29H,2-5,13,28H2,1H3,(H,30,31)/t17-,20+/m0/s1. The smallest absolute Gasteiger partial charge is 0.397 e. The van der Waals surface area contributed by atoms with Gasteiger partial charge in [-0.2, -0.15) is 13.2 Å². The molecule has 1 amide bonds. The predicted molar refractivity (Wildman–Crippen MR) is 112 cm³/mol. The Bertz CT molecular complexity index is 855. The van der Waals surface area contributed by atoms with Gasteiger partial charge in [0.1, 0.15) is 6.17 Å². The fourth-order valence-electron chi connectivity index (χ4n) is 2.90. The van der Waals surface area contributed by atoms with E-state index in [0.29, 0.717) is 17.7 Å². The zero-order valence-corrected chi connectivity index (χ0v) is 17.1. The number of hydrogen-bond acceptors (Lipinski definition) is 3. The first kappa shape index (κ1) is 24.4. The maximum absolute atomic E-state index is 14.0. The maximum atomic E-state index is 14.0. The summed E-state index contributed by atoms with van der Waals surface area (Å²) in [4.78, 5) is 12.0. The second-order valence-electron chi connectivity index (χ2n) is 7.25. The summed E-state index contributed by atoms with van der Waals surface area (Å²) in [6.07, 6.45) is -6.44. The molecule has 2 aromatic rings. The lowest BCUT2D eigenvalue weighted by atomic mass is 10.1. The molecule has 31 heavy (non-hydrogen) atoms. The molecule has 0 aromatic heterocycles. The van der Waals surface area contributed by atoms with Crippen LogP contribution in [0.5, 0.6) is 0 Å². The highest BCUT2D eigenvalue weighted by atomic mass is 19.4. The van der Waals surface area contributed by atoms with Crippen LogP contribution in [0.25, 0.3) is 0 Å². The second-order valence-corrected chi connectivity index (χ2v) is 7.25. The summed E-state index contributed by atoms with van der Waals surface area (Å²) in [5.41, 5.74) is 6.62. The monoisotopic (exact) mass is 443 g/mol. The van der Waals surface area contributed by atoms with Gasteiger partial charge in [-0.05, 0) is 42.3 Å². The van der Waals surface area contributed by atoms with Crippen molar-refractivity contribution in [2.75, 3.05) is 16.4 Å². The van der Waals surface area contributed by atoms with Gasteiger partial charge in [0.05, 0.1) is 16.9 Å². The number of nitrogens with one attached hydrogen (secondary N) is 2. The molecule has 0 heterocycles. The summed E-state index contributed by atoms with van der Waals surface area (Å²) in [5, 5.41) is 5.29. The normalized spacial score (nSPS) is 13.5. The number of unbranched alkanes of at least 4 members (excludes halogenated alkanes) is 2. The molecule has 9 heteroatoms. The third kappa shape index (κ3) is 7.41. The Morgan fingerprint density at radius 1 is 1.06 bits per heavy atom. The molecule has 170 valence electrons. The van der Waals surface area contributed by atoms with Crippen LogP contribution in [0.3, 0.4) is 0 Å². The number of halogens is 5. The fourth-order valence-corrected chi connectivity index (χ4v) is 2.90. The molecule has 4 nitrogen and oxygen atoms in total.